The van der Waals surface area contributed by atoms with Crippen LogP contribution in [0.25, 0.3) is 0 Å². The van der Waals surface area contributed by atoms with Gasteiger partial charge in [-0.2, -0.15) is 0 Å². The Hall–Kier alpha value is -2.97. The fourth-order valence-electron chi connectivity index (χ4n) is 5.11. The normalized spacial score (nSPS) is 21.7. The number of hydrogen-bond acceptors (Lipinski definition) is 7. The van der Waals surface area contributed by atoms with E-state index >= 15 is 0 Å². The molecular formula is C23H32N6O3. The standard InChI is InChI=1S/C23H32N6O3/c1-15-11-19(26-22(24)25-15)20(30)29-10-9-23(14-29,21(31)28(2)3)13-17-12-18(27-32-17)16-7-5-4-6-8-16/h11-12,16H,4-10,13-14H2,1-3H3,(H2,24,25,26)/t23-/m1/s1. The highest BCUT2D eigenvalue weighted by Gasteiger charge is 2.48. The van der Waals surface area contributed by atoms with Gasteiger partial charge < -0.3 is 20.1 Å². The molecule has 9 heteroatoms. The average molecular weight is 441 g/mol. The monoisotopic (exact) mass is 440 g/mol. The summed E-state index contributed by atoms with van der Waals surface area (Å²) in [6, 6.07) is 3.64. The Labute approximate surface area is 188 Å². The lowest BCUT2D eigenvalue weighted by atomic mass is 9.80. The summed E-state index contributed by atoms with van der Waals surface area (Å²) in [6.45, 7) is 2.53. The van der Waals surface area contributed by atoms with E-state index in [0.29, 0.717) is 43.3 Å². The van der Waals surface area contributed by atoms with Crippen LogP contribution >= 0.6 is 0 Å². The third kappa shape index (κ3) is 4.47. The molecule has 1 aliphatic carbocycles. The SMILES string of the molecule is Cc1cc(C(=O)N2CC[C@](Cc3cc(C4CCCCC4)no3)(C(=O)N(C)C)C2)nc(N)n1. The second-order valence-electron chi connectivity index (χ2n) is 9.44. The van der Waals surface area contributed by atoms with Gasteiger partial charge in [0.15, 0.2) is 0 Å². The molecule has 1 aliphatic heterocycles. The van der Waals surface area contributed by atoms with Crippen molar-refractivity contribution < 1.29 is 14.1 Å². The molecule has 0 spiro atoms. The Balaban J connectivity index is 1.55. The van der Waals surface area contributed by atoms with Gasteiger partial charge in [-0.05, 0) is 32.3 Å². The van der Waals surface area contributed by atoms with Crippen LogP contribution in [0.1, 0.15) is 72.1 Å². The molecule has 2 aromatic rings. The van der Waals surface area contributed by atoms with E-state index in [0.717, 1.165) is 18.5 Å². The van der Waals surface area contributed by atoms with Crippen LogP contribution < -0.4 is 5.73 Å². The fourth-order valence-corrected chi connectivity index (χ4v) is 5.11. The van der Waals surface area contributed by atoms with Gasteiger partial charge in [-0.15, -0.1) is 0 Å². The van der Waals surface area contributed by atoms with Crippen LogP contribution in [0, 0.1) is 12.3 Å². The van der Waals surface area contributed by atoms with E-state index in [-0.39, 0.29) is 23.5 Å². The number of nitrogens with zero attached hydrogens (tertiary/aromatic N) is 5. The molecule has 0 aromatic carbocycles. The molecule has 1 atom stereocenters. The zero-order valence-corrected chi connectivity index (χ0v) is 19.1. The largest absolute Gasteiger partial charge is 0.368 e. The minimum atomic E-state index is -0.754. The van der Waals surface area contributed by atoms with E-state index in [1.54, 1.807) is 36.9 Å². The molecular weight excluding hydrogens is 408 g/mol. The first-order chi connectivity index (χ1) is 15.3. The van der Waals surface area contributed by atoms with Gasteiger partial charge in [0.1, 0.15) is 11.5 Å². The quantitative estimate of drug-likeness (QED) is 0.759. The predicted octanol–water partition coefficient (Wildman–Crippen LogP) is 2.57. The Kier molecular flexibility index (Phi) is 6.17. The summed E-state index contributed by atoms with van der Waals surface area (Å²) >= 11 is 0. The highest BCUT2D eigenvalue weighted by atomic mass is 16.5. The van der Waals surface area contributed by atoms with Crippen LogP contribution in [0.3, 0.4) is 0 Å². The molecule has 2 N–H and O–H groups in total. The maximum absolute atomic E-state index is 13.3. The number of carbonyl (C=O) groups is 2. The van der Waals surface area contributed by atoms with Gasteiger partial charge in [0.25, 0.3) is 5.91 Å². The minimum absolute atomic E-state index is 0.0122. The first-order valence-electron chi connectivity index (χ1n) is 11.3. The number of hydrogen-bond donors (Lipinski definition) is 1. The van der Waals surface area contributed by atoms with Crippen molar-refractivity contribution in [1.82, 2.24) is 24.9 Å². The van der Waals surface area contributed by atoms with E-state index in [4.69, 9.17) is 10.3 Å². The van der Waals surface area contributed by atoms with Crippen molar-refractivity contribution in [1.29, 1.82) is 0 Å². The highest BCUT2D eigenvalue weighted by Crippen LogP contribution is 2.38. The number of nitrogens with two attached hydrogens (primary N) is 1. The highest BCUT2D eigenvalue weighted by molar-refractivity contribution is 5.94. The van der Waals surface area contributed by atoms with Crippen molar-refractivity contribution in [3.8, 4) is 0 Å². The van der Waals surface area contributed by atoms with Crippen molar-refractivity contribution in [2.24, 2.45) is 5.41 Å². The molecule has 2 amide bonds. The molecule has 1 saturated carbocycles. The third-order valence-electron chi connectivity index (χ3n) is 6.70. The van der Waals surface area contributed by atoms with Gasteiger partial charge in [-0.3, -0.25) is 9.59 Å². The van der Waals surface area contributed by atoms with Crippen molar-refractivity contribution >= 4 is 17.8 Å². The summed E-state index contributed by atoms with van der Waals surface area (Å²) < 4.78 is 5.69. The summed E-state index contributed by atoms with van der Waals surface area (Å²) in [4.78, 5) is 37.8. The van der Waals surface area contributed by atoms with Gasteiger partial charge in [-0.1, -0.05) is 24.4 Å². The topological polar surface area (TPSA) is 118 Å². The van der Waals surface area contributed by atoms with Gasteiger partial charge >= 0.3 is 0 Å². The van der Waals surface area contributed by atoms with Crippen LogP contribution in [0.5, 0.6) is 0 Å². The lowest BCUT2D eigenvalue weighted by Crippen LogP contribution is -2.44. The smallest absolute Gasteiger partial charge is 0.272 e. The van der Waals surface area contributed by atoms with Crippen molar-refractivity contribution in [2.45, 2.75) is 57.8 Å². The number of aryl methyl sites for hydroxylation is 1. The first-order valence-corrected chi connectivity index (χ1v) is 11.3. The molecule has 32 heavy (non-hydrogen) atoms. The third-order valence-corrected chi connectivity index (χ3v) is 6.70. The molecule has 0 radical (unpaired) electrons. The molecule has 2 aliphatic rings. The summed E-state index contributed by atoms with van der Waals surface area (Å²) in [7, 11) is 3.49. The molecule has 172 valence electrons. The number of anilines is 1. The zero-order valence-electron chi connectivity index (χ0n) is 19.1. The van der Waals surface area contributed by atoms with Crippen LogP contribution in [0.4, 0.5) is 5.95 Å². The Morgan fingerprint density at radius 2 is 1.97 bits per heavy atom. The molecule has 1 saturated heterocycles. The number of aromatic nitrogens is 3. The average Bonchev–Trinajstić information content (AvgIpc) is 3.41. The van der Waals surface area contributed by atoms with Gasteiger partial charge in [0.05, 0.1) is 11.1 Å². The Morgan fingerprint density at radius 3 is 2.66 bits per heavy atom. The van der Waals surface area contributed by atoms with Crippen molar-refractivity contribution in [3.05, 3.63) is 35.0 Å². The second-order valence-corrected chi connectivity index (χ2v) is 9.44. The van der Waals surface area contributed by atoms with E-state index in [2.05, 4.69) is 15.1 Å². The van der Waals surface area contributed by atoms with Crippen LogP contribution in [-0.2, 0) is 11.2 Å². The van der Waals surface area contributed by atoms with Crippen LogP contribution in [0.15, 0.2) is 16.7 Å². The summed E-state index contributed by atoms with van der Waals surface area (Å²) in [5, 5.41) is 4.33. The summed E-state index contributed by atoms with van der Waals surface area (Å²) in [5.74, 6) is 0.963. The van der Waals surface area contributed by atoms with E-state index in [1.807, 2.05) is 6.07 Å². The number of amides is 2. The number of carbonyl (C=O) groups excluding carboxylic acids is 2. The van der Waals surface area contributed by atoms with Crippen LogP contribution in [-0.4, -0.2) is 63.9 Å². The zero-order chi connectivity index (χ0) is 22.9. The summed E-state index contributed by atoms with van der Waals surface area (Å²) in [6.07, 6.45) is 6.96. The molecule has 4 rings (SSSR count). The maximum Gasteiger partial charge on any atom is 0.272 e. The number of likely N-dealkylation sites (tertiary alicyclic amines) is 1. The molecule has 2 aromatic heterocycles. The van der Waals surface area contributed by atoms with Crippen LogP contribution in [0.2, 0.25) is 0 Å². The van der Waals surface area contributed by atoms with Gasteiger partial charge in [0, 0.05) is 51.3 Å². The van der Waals surface area contributed by atoms with Crippen molar-refractivity contribution in [2.75, 3.05) is 32.9 Å². The van der Waals surface area contributed by atoms with Gasteiger partial charge in [0.2, 0.25) is 11.9 Å². The maximum atomic E-state index is 13.3. The lowest BCUT2D eigenvalue weighted by Gasteiger charge is -2.30. The molecule has 9 nitrogen and oxygen atoms in total. The number of rotatable bonds is 5. The molecule has 3 heterocycles. The Morgan fingerprint density at radius 1 is 1.22 bits per heavy atom. The molecule has 0 unspecified atom stereocenters. The fraction of sp³-hybridized carbons (Fsp3) is 0.609. The second kappa shape index (κ2) is 8.88. The molecule has 0 bridgehead atoms. The minimum Gasteiger partial charge on any atom is -0.368 e. The predicted molar refractivity (Wildman–Crippen MR) is 119 cm³/mol. The first kappa shape index (κ1) is 22.2. The summed E-state index contributed by atoms with van der Waals surface area (Å²) in [5.41, 5.74) is 6.85. The lowest BCUT2D eigenvalue weighted by molar-refractivity contribution is -0.139. The molecule has 2 fully saturated rings. The van der Waals surface area contributed by atoms with Crippen molar-refractivity contribution in [3.63, 3.8) is 0 Å². The van der Waals surface area contributed by atoms with E-state index in [1.165, 1.54) is 19.3 Å². The number of nitrogen functional groups attached to an aromatic ring is 1. The van der Waals surface area contributed by atoms with E-state index in [9.17, 15) is 9.59 Å². The Bertz CT molecular complexity index is 977. The van der Waals surface area contributed by atoms with Gasteiger partial charge in [-0.25, -0.2) is 9.97 Å². The van der Waals surface area contributed by atoms with E-state index < -0.39 is 5.41 Å².